The number of nitrogens with one attached hydrogen (secondary N) is 2. The number of tetrazole rings is 1. The SMILES string of the molecule is CN(C)c1ccnc(NC(=O)c2nn[nH]n2)n1. The number of rotatable bonds is 3. The largest absolute Gasteiger partial charge is 0.363 e. The van der Waals surface area contributed by atoms with Gasteiger partial charge in [-0.3, -0.25) is 10.1 Å². The number of carbonyl (C=O) groups is 1. The second-order valence-electron chi connectivity index (χ2n) is 3.32. The number of nitrogens with zero attached hydrogens (tertiary/aromatic N) is 6. The number of anilines is 2. The molecule has 0 bridgehead atoms. The topological polar surface area (TPSA) is 113 Å². The molecule has 0 saturated heterocycles. The lowest BCUT2D eigenvalue weighted by atomic mass is 10.5. The standard InChI is InChI=1S/C8H10N8O/c1-16(2)5-3-4-9-8(10-5)11-7(17)6-12-14-15-13-6/h3-4H,1-2H3,(H,9,10,11,17)(H,12,13,14,15). The third kappa shape index (κ3) is 2.51. The van der Waals surface area contributed by atoms with Gasteiger partial charge in [-0.1, -0.05) is 0 Å². The quantitative estimate of drug-likeness (QED) is 0.722. The minimum Gasteiger partial charge on any atom is -0.363 e. The first-order chi connectivity index (χ1) is 8.16. The van der Waals surface area contributed by atoms with Crippen LogP contribution in [0.15, 0.2) is 12.3 Å². The van der Waals surface area contributed by atoms with Gasteiger partial charge in [-0.05, 0) is 11.3 Å². The molecule has 0 atom stereocenters. The Hall–Kier alpha value is -2.58. The van der Waals surface area contributed by atoms with Crippen LogP contribution in [0.5, 0.6) is 0 Å². The fourth-order valence-corrected chi connectivity index (χ4v) is 1.07. The van der Waals surface area contributed by atoms with Crippen LogP contribution in [-0.4, -0.2) is 50.6 Å². The molecule has 0 spiro atoms. The van der Waals surface area contributed by atoms with Crippen LogP contribution < -0.4 is 10.2 Å². The zero-order valence-corrected chi connectivity index (χ0v) is 9.25. The summed E-state index contributed by atoms with van der Waals surface area (Å²) in [7, 11) is 3.68. The molecule has 2 N–H and O–H groups in total. The summed E-state index contributed by atoms with van der Waals surface area (Å²) in [6.45, 7) is 0. The van der Waals surface area contributed by atoms with Crippen molar-refractivity contribution in [1.29, 1.82) is 0 Å². The number of aromatic nitrogens is 6. The number of carbonyl (C=O) groups excluding carboxylic acids is 1. The summed E-state index contributed by atoms with van der Waals surface area (Å²) in [5.41, 5.74) is 0. The Labute approximate surface area is 96.3 Å². The van der Waals surface area contributed by atoms with Gasteiger partial charge in [0.25, 0.3) is 11.7 Å². The molecule has 2 rings (SSSR count). The third-order valence-electron chi connectivity index (χ3n) is 1.87. The Balaban J connectivity index is 2.14. The maximum atomic E-state index is 11.6. The summed E-state index contributed by atoms with van der Waals surface area (Å²) < 4.78 is 0. The Kier molecular flexibility index (Phi) is 2.90. The highest BCUT2D eigenvalue weighted by Gasteiger charge is 2.12. The number of amides is 1. The second kappa shape index (κ2) is 4.51. The van der Waals surface area contributed by atoms with Crippen LogP contribution in [0.1, 0.15) is 10.6 Å². The normalized spacial score (nSPS) is 10.0. The van der Waals surface area contributed by atoms with Crippen LogP contribution in [0.3, 0.4) is 0 Å². The Morgan fingerprint density at radius 1 is 1.47 bits per heavy atom. The molecule has 0 saturated carbocycles. The molecule has 17 heavy (non-hydrogen) atoms. The molecule has 0 unspecified atom stereocenters. The van der Waals surface area contributed by atoms with Gasteiger partial charge < -0.3 is 4.90 Å². The van der Waals surface area contributed by atoms with Gasteiger partial charge in [0.1, 0.15) is 5.82 Å². The second-order valence-corrected chi connectivity index (χ2v) is 3.32. The maximum Gasteiger partial charge on any atom is 0.299 e. The van der Waals surface area contributed by atoms with Crippen molar-refractivity contribution in [2.75, 3.05) is 24.3 Å². The first kappa shape index (κ1) is 10.9. The molecule has 88 valence electrons. The van der Waals surface area contributed by atoms with Crippen molar-refractivity contribution in [1.82, 2.24) is 30.6 Å². The number of hydrogen-bond acceptors (Lipinski definition) is 7. The van der Waals surface area contributed by atoms with Gasteiger partial charge in [0.15, 0.2) is 0 Å². The zero-order valence-electron chi connectivity index (χ0n) is 9.25. The van der Waals surface area contributed by atoms with Crippen LogP contribution >= 0.6 is 0 Å². The van der Waals surface area contributed by atoms with Crippen molar-refractivity contribution < 1.29 is 4.79 Å². The molecule has 2 heterocycles. The first-order valence-electron chi connectivity index (χ1n) is 4.72. The van der Waals surface area contributed by atoms with Gasteiger partial charge >= 0.3 is 0 Å². The highest BCUT2D eigenvalue weighted by atomic mass is 16.2. The van der Waals surface area contributed by atoms with E-state index in [9.17, 15) is 4.79 Å². The monoisotopic (exact) mass is 234 g/mol. The predicted octanol–water partition coefficient (Wildman–Crippen LogP) is -0.692. The molecule has 2 aromatic heterocycles. The van der Waals surface area contributed by atoms with Gasteiger partial charge in [-0.25, -0.2) is 4.98 Å². The number of aromatic amines is 1. The van der Waals surface area contributed by atoms with Crippen LogP contribution in [-0.2, 0) is 0 Å². The van der Waals surface area contributed by atoms with Crippen LogP contribution in [0.2, 0.25) is 0 Å². The molecule has 0 fully saturated rings. The number of hydrogen-bond donors (Lipinski definition) is 2. The highest BCUT2D eigenvalue weighted by molar-refractivity contribution is 6.00. The van der Waals surface area contributed by atoms with E-state index < -0.39 is 5.91 Å². The predicted molar refractivity (Wildman–Crippen MR) is 58.5 cm³/mol. The molecule has 9 nitrogen and oxygen atoms in total. The fourth-order valence-electron chi connectivity index (χ4n) is 1.07. The molecule has 0 aliphatic heterocycles. The fraction of sp³-hybridized carbons (Fsp3) is 0.250. The third-order valence-corrected chi connectivity index (χ3v) is 1.87. The Bertz CT molecular complexity index is 508. The lowest BCUT2D eigenvalue weighted by molar-refractivity contribution is 0.101. The molecular formula is C8H10N8O. The van der Waals surface area contributed by atoms with Crippen LogP contribution in [0.25, 0.3) is 0 Å². The van der Waals surface area contributed by atoms with Crippen molar-refractivity contribution in [3.63, 3.8) is 0 Å². The van der Waals surface area contributed by atoms with Crippen LogP contribution in [0, 0.1) is 0 Å². The molecule has 9 heteroatoms. The van der Waals surface area contributed by atoms with E-state index in [0.29, 0.717) is 5.82 Å². The summed E-state index contributed by atoms with van der Waals surface area (Å²) in [6.07, 6.45) is 1.55. The van der Waals surface area contributed by atoms with E-state index in [4.69, 9.17) is 0 Å². The van der Waals surface area contributed by atoms with Crippen molar-refractivity contribution >= 4 is 17.7 Å². The summed E-state index contributed by atoms with van der Waals surface area (Å²) in [5, 5.41) is 15.0. The van der Waals surface area contributed by atoms with Gasteiger partial charge in [-0.2, -0.15) is 10.2 Å². The van der Waals surface area contributed by atoms with E-state index >= 15 is 0 Å². The highest BCUT2D eigenvalue weighted by Crippen LogP contribution is 2.08. The van der Waals surface area contributed by atoms with Crippen molar-refractivity contribution in [3.8, 4) is 0 Å². The lowest BCUT2D eigenvalue weighted by Crippen LogP contribution is -2.17. The average molecular weight is 234 g/mol. The minimum atomic E-state index is -0.519. The van der Waals surface area contributed by atoms with Crippen LogP contribution in [0.4, 0.5) is 11.8 Å². The van der Waals surface area contributed by atoms with Crippen molar-refractivity contribution in [2.45, 2.75) is 0 Å². The lowest BCUT2D eigenvalue weighted by Gasteiger charge is -2.11. The molecular weight excluding hydrogens is 224 g/mol. The van der Waals surface area contributed by atoms with E-state index in [-0.39, 0.29) is 11.8 Å². The molecule has 0 aliphatic rings. The van der Waals surface area contributed by atoms with E-state index in [1.54, 1.807) is 17.2 Å². The first-order valence-corrected chi connectivity index (χ1v) is 4.72. The molecule has 0 aromatic carbocycles. The van der Waals surface area contributed by atoms with Gasteiger partial charge in [0, 0.05) is 20.3 Å². The van der Waals surface area contributed by atoms with Crippen molar-refractivity contribution in [3.05, 3.63) is 18.1 Å². The molecule has 1 amide bonds. The summed E-state index contributed by atoms with van der Waals surface area (Å²) in [6, 6.07) is 1.73. The minimum absolute atomic E-state index is 0.0659. The van der Waals surface area contributed by atoms with E-state index in [0.717, 1.165) is 0 Å². The van der Waals surface area contributed by atoms with E-state index in [1.165, 1.54) is 0 Å². The van der Waals surface area contributed by atoms with Crippen molar-refractivity contribution in [2.24, 2.45) is 0 Å². The van der Waals surface area contributed by atoms with E-state index in [1.807, 2.05) is 14.1 Å². The molecule has 2 aromatic rings. The average Bonchev–Trinajstić information content (AvgIpc) is 2.82. The van der Waals surface area contributed by atoms with Gasteiger partial charge in [-0.15, -0.1) is 10.2 Å². The van der Waals surface area contributed by atoms with E-state index in [2.05, 4.69) is 35.9 Å². The summed E-state index contributed by atoms with van der Waals surface area (Å²) in [5.74, 6) is 0.285. The Morgan fingerprint density at radius 2 is 2.29 bits per heavy atom. The van der Waals surface area contributed by atoms with Gasteiger partial charge in [0.2, 0.25) is 5.95 Å². The zero-order chi connectivity index (χ0) is 12.3. The van der Waals surface area contributed by atoms with Gasteiger partial charge in [0.05, 0.1) is 0 Å². The molecule has 0 radical (unpaired) electrons. The summed E-state index contributed by atoms with van der Waals surface area (Å²) in [4.78, 5) is 21.4. The Morgan fingerprint density at radius 3 is 2.94 bits per heavy atom. The summed E-state index contributed by atoms with van der Waals surface area (Å²) >= 11 is 0. The maximum absolute atomic E-state index is 11.6. The number of H-pyrrole nitrogens is 1. The molecule has 0 aliphatic carbocycles. The smallest absolute Gasteiger partial charge is 0.299 e.